The van der Waals surface area contributed by atoms with Gasteiger partial charge in [-0.25, -0.2) is 4.98 Å². The predicted molar refractivity (Wildman–Crippen MR) is 80.9 cm³/mol. The van der Waals surface area contributed by atoms with Gasteiger partial charge in [-0.05, 0) is 48.3 Å². The molecular formula is C16H14N2OS. The summed E-state index contributed by atoms with van der Waals surface area (Å²) in [5.74, 6) is 1.63. The molecule has 3 nitrogen and oxygen atoms in total. The quantitative estimate of drug-likeness (QED) is 0.723. The minimum absolute atomic E-state index is 0.578. The lowest BCUT2D eigenvalue weighted by atomic mass is 10.2. The standard InChI is InChI=1S/C16H14N2OS/c1-12-17-16(18-20-12)14-7-9-15(10-8-14)19-11-13-5-3-2-4-6-13/h2-10H,11H2,1H3. The lowest BCUT2D eigenvalue weighted by molar-refractivity contribution is 0.306. The Morgan fingerprint density at radius 2 is 1.75 bits per heavy atom. The van der Waals surface area contributed by atoms with E-state index in [1.807, 2.05) is 49.4 Å². The van der Waals surface area contributed by atoms with Gasteiger partial charge in [0.2, 0.25) is 0 Å². The van der Waals surface area contributed by atoms with Crippen LogP contribution < -0.4 is 4.74 Å². The Labute approximate surface area is 122 Å². The zero-order valence-corrected chi connectivity index (χ0v) is 11.9. The molecule has 1 aromatic heterocycles. The molecule has 0 atom stereocenters. The Morgan fingerprint density at radius 1 is 1.00 bits per heavy atom. The van der Waals surface area contributed by atoms with Gasteiger partial charge in [0.05, 0.1) is 0 Å². The second kappa shape index (κ2) is 5.84. The van der Waals surface area contributed by atoms with E-state index < -0.39 is 0 Å². The Kier molecular flexibility index (Phi) is 3.74. The number of hydrogen-bond donors (Lipinski definition) is 0. The van der Waals surface area contributed by atoms with Crippen LogP contribution in [0.2, 0.25) is 0 Å². The highest BCUT2D eigenvalue weighted by atomic mass is 32.1. The smallest absolute Gasteiger partial charge is 0.173 e. The van der Waals surface area contributed by atoms with Crippen LogP contribution in [-0.2, 0) is 6.61 Å². The summed E-state index contributed by atoms with van der Waals surface area (Å²) in [5.41, 5.74) is 2.18. The van der Waals surface area contributed by atoms with Gasteiger partial charge in [-0.3, -0.25) is 0 Å². The molecule has 20 heavy (non-hydrogen) atoms. The Balaban J connectivity index is 1.67. The van der Waals surface area contributed by atoms with E-state index in [1.165, 1.54) is 11.5 Å². The van der Waals surface area contributed by atoms with Crippen molar-refractivity contribution in [1.82, 2.24) is 9.36 Å². The first-order chi connectivity index (χ1) is 9.81. The third-order valence-electron chi connectivity index (χ3n) is 2.89. The van der Waals surface area contributed by atoms with Crippen LogP contribution in [0.3, 0.4) is 0 Å². The molecule has 0 aliphatic carbocycles. The van der Waals surface area contributed by atoms with Gasteiger partial charge < -0.3 is 4.74 Å². The summed E-state index contributed by atoms with van der Waals surface area (Å²) in [6.45, 7) is 2.53. The number of rotatable bonds is 4. The highest BCUT2D eigenvalue weighted by molar-refractivity contribution is 7.05. The van der Waals surface area contributed by atoms with Gasteiger partial charge in [-0.1, -0.05) is 30.3 Å². The van der Waals surface area contributed by atoms with Gasteiger partial charge in [0.25, 0.3) is 0 Å². The van der Waals surface area contributed by atoms with E-state index in [-0.39, 0.29) is 0 Å². The number of ether oxygens (including phenoxy) is 1. The topological polar surface area (TPSA) is 35.0 Å². The fourth-order valence-electron chi connectivity index (χ4n) is 1.86. The third kappa shape index (κ3) is 3.03. The van der Waals surface area contributed by atoms with Gasteiger partial charge >= 0.3 is 0 Å². The van der Waals surface area contributed by atoms with E-state index in [1.54, 1.807) is 0 Å². The maximum absolute atomic E-state index is 5.75. The van der Waals surface area contributed by atoms with E-state index in [2.05, 4.69) is 21.5 Å². The van der Waals surface area contributed by atoms with Crippen molar-refractivity contribution in [3.8, 4) is 17.1 Å². The summed E-state index contributed by atoms with van der Waals surface area (Å²) in [6.07, 6.45) is 0. The van der Waals surface area contributed by atoms with Gasteiger partial charge in [0.1, 0.15) is 17.4 Å². The van der Waals surface area contributed by atoms with E-state index in [0.717, 1.165) is 27.7 Å². The highest BCUT2D eigenvalue weighted by Gasteiger charge is 2.04. The molecule has 2 aromatic carbocycles. The lowest BCUT2D eigenvalue weighted by Gasteiger charge is -2.06. The molecule has 100 valence electrons. The van der Waals surface area contributed by atoms with Gasteiger partial charge in [0.15, 0.2) is 5.82 Å². The second-order valence-electron chi connectivity index (χ2n) is 4.44. The normalized spacial score (nSPS) is 10.4. The zero-order valence-electron chi connectivity index (χ0n) is 11.1. The van der Waals surface area contributed by atoms with Crippen molar-refractivity contribution in [3.63, 3.8) is 0 Å². The molecular weight excluding hydrogens is 268 g/mol. The average molecular weight is 282 g/mol. The van der Waals surface area contributed by atoms with Gasteiger partial charge in [0, 0.05) is 5.56 Å². The van der Waals surface area contributed by atoms with Crippen LogP contribution in [0.15, 0.2) is 54.6 Å². The Morgan fingerprint density at radius 3 is 2.40 bits per heavy atom. The molecule has 3 rings (SSSR count). The SMILES string of the molecule is Cc1nc(-c2ccc(OCc3ccccc3)cc2)ns1. The van der Waals surface area contributed by atoms with Crippen molar-refractivity contribution in [2.75, 3.05) is 0 Å². The van der Waals surface area contributed by atoms with Crippen molar-refractivity contribution in [1.29, 1.82) is 0 Å². The highest BCUT2D eigenvalue weighted by Crippen LogP contribution is 2.21. The summed E-state index contributed by atoms with van der Waals surface area (Å²) < 4.78 is 10.0. The minimum Gasteiger partial charge on any atom is -0.489 e. The van der Waals surface area contributed by atoms with Crippen LogP contribution in [0.4, 0.5) is 0 Å². The maximum Gasteiger partial charge on any atom is 0.173 e. The number of aryl methyl sites for hydroxylation is 1. The molecule has 0 N–H and O–H groups in total. The van der Waals surface area contributed by atoms with E-state index in [0.29, 0.717) is 6.61 Å². The summed E-state index contributed by atoms with van der Waals surface area (Å²) in [5, 5.41) is 0.976. The molecule has 0 bridgehead atoms. The maximum atomic E-state index is 5.75. The third-order valence-corrected chi connectivity index (χ3v) is 3.51. The molecule has 0 aliphatic heterocycles. The van der Waals surface area contributed by atoms with Gasteiger partial charge in [-0.2, -0.15) is 4.37 Å². The number of hydrogen-bond acceptors (Lipinski definition) is 4. The first kappa shape index (κ1) is 12.8. The van der Waals surface area contributed by atoms with E-state index >= 15 is 0 Å². The predicted octanol–water partition coefficient (Wildman–Crippen LogP) is 4.09. The summed E-state index contributed by atoms with van der Waals surface area (Å²) in [4.78, 5) is 4.37. The van der Waals surface area contributed by atoms with Crippen LogP contribution in [-0.4, -0.2) is 9.36 Å². The largest absolute Gasteiger partial charge is 0.489 e. The first-order valence-corrected chi connectivity index (χ1v) is 7.16. The van der Waals surface area contributed by atoms with Crippen LogP contribution in [0.1, 0.15) is 10.6 Å². The minimum atomic E-state index is 0.578. The van der Waals surface area contributed by atoms with Crippen LogP contribution in [0.25, 0.3) is 11.4 Å². The zero-order chi connectivity index (χ0) is 13.8. The lowest BCUT2D eigenvalue weighted by Crippen LogP contribution is -1.94. The second-order valence-corrected chi connectivity index (χ2v) is 5.39. The fraction of sp³-hybridized carbons (Fsp3) is 0.125. The molecule has 0 fully saturated rings. The molecule has 0 radical (unpaired) electrons. The average Bonchev–Trinajstić information content (AvgIpc) is 2.93. The summed E-state index contributed by atoms with van der Waals surface area (Å²) >= 11 is 1.42. The molecule has 4 heteroatoms. The van der Waals surface area contributed by atoms with Crippen molar-refractivity contribution < 1.29 is 4.74 Å². The molecule has 0 aliphatic rings. The molecule has 3 aromatic rings. The Bertz CT molecular complexity index is 677. The van der Waals surface area contributed by atoms with Gasteiger partial charge in [-0.15, -0.1) is 0 Å². The molecule has 0 saturated carbocycles. The molecule has 0 unspecified atom stereocenters. The molecule has 0 saturated heterocycles. The molecule has 0 spiro atoms. The monoisotopic (exact) mass is 282 g/mol. The number of nitrogens with zero attached hydrogens (tertiary/aromatic N) is 2. The van der Waals surface area contributed by atoms with E-state index in [4.69, 9.17) is 4.74 Å². The number of benzene rings is 2. The fourth-order valence-corrected chi connectivity index (χ4v) is 2.35. The van der Waals surface area contributed by atoms with E-state index in [9.17, 15) is 0 Å². The van der Waals surface area contributed by atoms with Crippen LogP contribution in [0.5, 0.6) is 5.75 Å². The summed E-state index contributed by atoms with van der Waals surface area (Å²) in [6, 6.07) is 18.0. The van der Waals surface area contributed by atoms with Crippen molar-refractivity contribution in [3.05, 3.63) is 65.2 Å². The molecule has 1 heterocycles. The van der Waals surface area contributed by atoms with Crippen molar-refractivity contribution in [2.24, 2.45) is 0 Å². The summed E-state index contributed by atoms with van der Waals surface area (Å²) in [7, 11) is 0. The van der Waals surface area contributed by atoms with Crippen LogP contribution in [0, 0.1) is 6.92 Å². The van der Waals surface area contributed by atoms with Crippen LogP contribution >= 0.6 is 11.5 Å². The first-order valence-electron chi connectivity index (χ1n) is 6.39. The van der Waals surface area contributed by atoms with Crippen molar-refractivity contribution >= 4 is 11.5 Å². The molecule has 0 amide bonds. The van der Waals surface area contributed by atoms with Crippen molar-refractivity contribution in [2.45, 2.75) is 13.5 Å². The number of aromatic nitrogens is 2. The Hall–Kier alpha value is -2.20.